The highest BCUT2D eigenvalue weighted by molar-refractivity contribution is 7.91. The zero-order chi connectivity index (χ0) is 39.9. The fourth-order valence-electron chi connectivity index (χ4n) is 7.75. The van der Waals surface area contributed by atoms with Crippen LogP contribution < -0.4 is 24.8 Å². The van der Waals surface area contributed by atoms with Gasteiger partial charge in [-0.15, -0.1) is 0 Å². The van der Waals surface area contributed by atoms with Gasteiger partial charge in [0.2, 0.25) is 33.6 Å². The smallest absolute Gasteiger partial charge is 0.408 e. The largest absolute Gasteiger partial charge is 0.481 e. The van der Waals surface area contributed by atoms with Crippen LogP contribution in [-0.2, 0) is 29.1 Å². The number of hydrogen-bond donors (Lipinski definition) is 3. The maximum absolute atomic E-state index is 14.9. The number of allylic oxidation sites excluding steroid dienone is 1. The third-order valence-corrected chi connectivity index (χ3v) is 13.6. The second-order valence-corrected chi connectivity index (χ2v) is 19.2. The Bertz CT molecular complexity index is 1960. The summed E-state index contributed by atoms with van der Waals surface area (Å²) in [4.78, 5) is 62.7. The molecule has 2 saturated carbocycles. The van der Waals surface area contributed by atoms with Crippen molar-refractivity contribution in [3.05, 3.63) is 42.5 Å². The highest BCUT2D eigenvalue weighted by Crippen LogP contribution is 2.47. The van der Waals surface area contributed by atoms with Crippen molar-refractivity contribution in [2.24, 2.45) is 17.8 Å². The van der Waals surface area contributed by atoms with E-state index < -0.39 is 73.8 Å². The van der Waals surface area contributed by atoms with Gasteiger partial charge in [0.25, 0.3) is 5.91 Å². The van der Waals surface area contributed by atoms with Gasteiger partial charge in [-0.05, 0) is 89.5 Å². The van der Waals surface area contributed by atoms with Crippen molar-refractivity contribution in [3.8, 4) is 11.8 Å². The lowest BCUT2D eigenvalue weighted by Gasteiger charge is -2.34. The Morgan fingerprint density at radius 1 is 1.13 bits per heavy atom. The van der Waals surface area contributed by atoms with Crippen LogP contribution >= 0.6 is 0 Å². The predicted molar refractivity (Wildman–Crippen MR) is 206 cm³/mol. The highest BCUT2D eigenvalue weighted by atomic mass is 32.2. The number of carbonyl (C=O) groups excluding carboxylic acids is 4. The molecule has 1 saturated heterocycles. The van der Waals surface area contributed by atoms with Crippen molar-refractivity contribution >= 4 is 44.6 Å². The number of benzene rings is 1. The lowest BCUT2D eigenvalue weighted by atomic mass is 9.85. The summed E-state index contributed by atoms with van der Waals surface area (Å²) in [5.74, 6) is -1.91. The van der Waals surface area contributed by atoms with E-state index in [1.165, 1.54) is 12.0 Å². The molecule has 6 rings (SSSR count). The molecule has 2 aliphatic carbocycles. The number of amides is 4. The number of hydrogen-bond acceptors (Lipinski definition) is 10. The van der Waals surface area contributed by atoms with Crippen LogP contribution in [0.25, 0.3) is 10.8 Å². The van der Waals surface area contributed by atoms with E-state index >= 15 is 0 Å². The second-order valence-electron chi connectivity index (χ2n) is 17.0. The average Bonchev–Trinajstić information content (AvgIpc) is 4.00. The molecule has 4 amide bonds. The standard InChI is InChI=1S/C40H55N5O9S/c1-8-25-19-24(2)13-9-11-15-27-22-40(27,36(48)44-55(50,51)39(6)17-18-39)43-33(46)30-21-28(23-45(30)35(47)32(25)42-37(49)54-38(3,4)5)53-34-29-16-12-10-14-26(29)20-31(41-34)52-7/h10-12,14-16,20,24-25,27-28,30,32H,8-9,13,17-19,21-23H2,1-7H3,(H,42,49)(H,43,46)(H,44,48)/b15-11-/t24-,25-,27-,28-,30+,32+,40-/m1/s1. The first-order chi connectivity index (χ1) is 25.9. The van der Waals surface area contributed by atoms with Gasteiger partial charge in [-0.25, -0.2) is 13.2 Å². The Labute approximate surface area is 323 Å². The lowest BCUT2D eigenvalue weighted by Crippen LogP contribution is -2.59. The monoisotopic (exact) mass is 781 g/mol. The quantitative estimate of drug-likeness (QED) is 0.316. The average molecular weight is 782 g/mol. The van der Waals surface area contributed by atoms with Crippen LogP contribution in [-0.4, -0.2) is 89.8 Å². The molecule has 1 aromatic carbocycles. The number of fused-ring (bicyclic) bond motifs is 3. The van der Waals surface area contributed by atoms with Gasteiger partial charge in [0, 0.05) is 23.8 Å². The first-order valence-electron chi connectivity index (χ1n) is 19.3. The summed E-state index contributed by atoms with van der Waals surface area (Å²) >= 11 is 0. The summed E-state index contributed by atoms with van der Waals surface area (Å²) < 4.78 is 45.2. The van der Waals surface area contributed by atoms with Gasteiger partial charge >= 0.3 is 6.09 Å². The van der Waals surface area contributed by atoms with E-state index in [4.69, 9.17) is 14.2 Å². The van der Waals surface area contributed by atoms with Gasteiger partial charge in [0.15, 0.2) is 0 Å². The normalized spacial score (nSPS) is 30.1. The van der Waals surface area contributed by atoms with Crippen molar-refractivity contribution in [1.29, 1.82) is 0 Å². The molecule has 4 aliphatic rings. The van der Waals surface area contributed by atoms with E-state index in [1.807, 2.05) is 43.3 Å². The Morgan fingerprint density at radius 3 is 2.53 bits per heavy atom. The zero-order valence-electron chi connectivity index (χ0n) is 32.8. The topological polar surface area (TPSA) is 182 Å². The van der Waals surface area contributed by atoms with Crippen LogP contribution in [0.5, 0.6) is 11.8 Å². The van der Waals surface area contributed by atoms with Gasteiger partial charge < -0.3 is 29.7 Å². The molecule has 0 bridgehead atoms. The molecule has 2 aliphatic heterocycles. The molecule has 0 unspecified atom stereocenters. The fraction of sp³-hybridized carbons (Fsp3) is 0.625. The summed E-state index contributed by atoms with van der Waals surface area (Å²) in [6.07, 6.45) is 6.11. The Morgan fingerprint density at radius 2 is 1.85 bits per heavy atom. The summed E-state index contributed by atoms with van der Waals surface area (Å²) in [6, 6.07) is 7.10. The SMILES string of the molecule is CC[C@@H]1C[C@H](C)CC/C=C\[C@@H]2C[C@@]2(C(=O)NS(=O)(=O)C2(C)CC2)NC(=O)[C@@H]2C[C@@H](Oc3nc(OC)cc4ccccc34)CN2C(=O)[C@H]1NC(=O)OC(C)(C)C. The Hall–Kier alpha value is -4.40. The molecule has 3 N–H and O–H groups in total. The van der Waals surface area contributed by atoms with E-state index in [9.17, 15) is 27.6 Å². The Balaban J connectivity index is 1.37. The van der Waals surface area contributed by atoms with E-state index in [0.717, 1.165) is 11.8 Å². The molecule has 3 fully saturated rings. The van der Waals surface area contributed by atoms with Crippen LogP contribution in [0.1, 0.15) is 92.9 Å². The van der Waals surface area contributed by atoms with Crippen LogP contribution in [0.3, 0.4) is 0 Å². The number of ether oxygens (including phenoxy) is 3. The first kappa shape index (κ1) is 40.3. The van der Waals surface area contributed by atoms with E-state index in [-0.39, 0.29) is 37.1 Å². The number of nitrogens with one attached hydrogen (secondary N) is 3. The number of aromatic nitrogens is 1. The zero-order valence-corrected chi connectivity index (χ0v) is 33.7. The van der Waals surface area contributed by atoms with E-state index in [2.05, 4.69) is 27.3 Å². The minimum absolute atomic E-state index is 0.0299. The molecule has 0 spiro atoms. The van der Waals surface area contributed by atoms with Crippen LogP contribution in [0, 0.1) is 17.8 Å². The van der Waals surface area contributed by atoms with Crippen LogP contribution in [0.2, 0.25) is 0 Å². The van der Waals surface area contributed by atoms with Crippen molar-refractivity contribution < 1.29 is 41.8 Å². The summed E-state index contributed by atoms with van der Waals surface area (Å²) in [5, 5.41) is 7.31. The van der Waals surface area contributed by atoms with E-state index in [1.54, 1.807) is 33.8 Å². The van der Waals surface area contributed by atoms with Gasteiger partial charge in [-0.3, -0.25) is 19.1 Å². The molecule has 3 heterocycles. The molecule has 0 radical (unpaired) electrons. The predicted octanol–water partition coefficient (Wildman–Crippen LogP) is 4.76. The minimum Gasteiger partial charge on any atom is -0.481 e. The Kier molecular flexibility index (Phi) is 11.2. The molecule has 300 valence electrons. The van der Waals surface area contributed by atoms with Crippen molar-refractivity contribution in [3.63, 3.8) is 0 Å². The summed E-state index contributed by atoms with van der Waals surface area (Å²) in [5.41, 5.74) is -2.36. The van der Waals surface area contributed by atoms with Gasteiger partial charge in [0.1, 0.15) is 29.3 Å². The van der Waals surface area contributed by atoms with Gasteiger partial charge in [-0.2, -0.15) is 4.98 Å². The minimum atomic E-state index is -4.00. The van der Waals surface area contributed by atoms with Crippen LogP contribution in [0.15, 0.2) is 42.5 Å². The number of nitrogens with zero attached hydrogens (tertiary/aromatic N) is 2. The van der Waals surface area contributed by atoms with Crippen molar-refractivity contribution in [2.45, 2.75) is 127 Å². The molecular weight excluding hydrogens is 727 g/mol. The molecule has 7 atom stereocenters. The van der Waals surface area contributed by atoms with Crippen LogP contribution in [0.4, 0.5) is 4.79 Å². The fourth-order valence-corrected chi connectivity index (χ4v) is 9.06. The van der Waals surface area contributed by atoms with Crippen molar-refractivity contribution in [1.82, 2.24) is 25.2 Å². The molecule has 55 heavy (non-hydrogen) atoms. The molecule has 2 aromatic rings. The maximum atomic E-state index is 14.9. The summed E-state index contributed by atoms with van der Waals surface area (Å²) in [6.45, 7) is 10.8. The number of sulfonamides is 1. The second kappa shape index (κ2) is 15.3. The number of pyridine rings is 1. The molecular formula is C40H55N5O9S. The molecule has 14 nitrogen and oxygen atoms in total. The van der Waals surface area contributed by atoms with Gasteiger partial charge in [0.05, 0.1) is 18.4 Å². The number of rotatable bonds is 8. The molecule has 1 aromatic heterocycles. The molecule has 15 heteroatoms. The van der Waals surface area contributed by atoms with E-state index in [0.29, 0.717) is 43.4 Å². The number of carbonyl (C=O) groups is 4. The number of alkyl carbamates (subject to hydrolysis) is 1. The van der Waals surface area contributed by atoms with Gasteiger partial charge in [-0.1, -0.05) is 50.6 Å². The lowest BCUT2D eigenvalue weighted by molar-refractivity contribution is -0.142. The first-order valence-corrected chi connectivity index (χ1v) is 20.8. The number of methoxy groups -OCH3 is 1. The third kappa shape index (κ3) is 8.71. The highest BCUT2D eigenvalue weighted by Gasteiger charge is 2.63. The summed E-state index contributed by atoms with van der Waals surface area (Å²) in [7, 11) is -2.50. The van der Waals surface area contributed by atoms with Crippen molar-refractivity contribution in [2.75, 3.05) is 13.7 Å². The third-order valence-electron chi connectivity index (χ3n) is 11.4. The maximum Gasteiger partial charge on any atom is 0.408 e.